The van der Waals surface area contributed by atoms with Crippen molar-refractivity contribution in [1.82, 2.24) is 15.1 Å². The first-order valence-corrected chi connectivity index (χ1v) is 8.48. The lowest BCUT2D eigenvalue weighted by atomic mass is 10.1. The number of fused-ring (bicyclic) bond motifs is 1. The number of hydrogen-bond acceptors (Lipinski definition) is 3. The maximum absolute atomic E-state index is 12.7. The van der Waals surface area contributed by atoms with Crippen LogP contribution in [0.1, 0.15) is 22.8 Å². The molecule has 1 amide bonds. The zero-order valence-electron chi connectivity index (χ0n) is 13.5. The van der Waals surface area contributed by atoms with Gasteiger partial charge in [0.05, 0.1) is 22.8 Å². The second-order valence-electron chi connectivity index (χ2n) is 5.49. The van der Waals surface area contributed by atoms with Crippen molar-refractivity contribution in [3.63, 3.8) is 0 Å². The Morgan fingerprint density at radius 2 is 2.17 bits per heavy atom. The van der Waals surface area contributed by atoms with Crippen molar-refractivity contribution < 1.29 is 9.53 Å². The van der Waals surface area contributed by atoms with Gasteiger partial charge in [0.25, 0.3) is 5.91 Å². The molecule has 6 heteroatoms. The fourth-order valence-corrected chi connectivity index (χ4v) is 3.11. The van der Waals surface area contributed by atoms with Crippen LogP contribution in [0.25, 0.3) is 10.9 Å². The van der Waals surface area contributed by atoms with E-state index in [1.165, 1.54) is 0 Å². The van der Waals surface area contributed by atoms with Gasteiger partial charge in [0.15, 0.2) is 0 Å². The summed E-state index contributed by atoms with van der Waals surface area (Å²) in [4.78, 5) is 14.4. The molecule has 0 spiro atoms. The van der Waals surface area contributed by atoms with Crippen LogP contribution in [0, 0.1) is 0 Å². The number of hydrogen-bond donors (Lipinski definition) is 1. The van der Waals surface area contributed by atoms with Gasteiger partial charge in [0, 0.05) is 24.5 Å². The highest BCUT2D eigenvalue weighted by atomic mass is 79.9. The minimum absolute atomic E-state index is 0.0460. The summed E-state index contributed by atoms with van der Waals surface area (Å²) in [6.07, 6.45) is 1.78. The van der Waals surface area contributed by atoms with Gasteiger partial charge in [-0.05, 0) is 46.6 Å². The van der Waals surface area contributed by atoms with Crippen molar-refractivity contribution in [1.29, 1.82) is 0 Å². The summed E-state index contributed by atoms with van der Waals surface area (Å²) in [6, 6.07) is 11.3. The summed E-state index contributed by atoms with van der Waals surface area (Å²) < 4.78 is 6.26. The first kappa shape index (κ1) is 16.5. The van der Waals surface area contributed by atoms with Gasteiger partial charge in [-0.3, -0.25) is 9.89 Å². The Labute approximate surface area is 148 Å². The maximum atomic E-state index is 12.7. The van der Waals surface area contributed by atoms with Gasteiger partial charge in [0.1, 0.15) is 5.75 Å². The quantitative estimate of drug-likeness (QED) is 0.719. The van der Waals surface area contributed by atoms with E-state index in [2.05, 4.69) is 26.1 Å². The van der Waals surface area contributed by atoms with Crippen molar-refractivity contribution in [3.05, 3.63) is 58.2 Å². The van der Waals surface area contributed by atoms with Crippen LogP contribution in [0.3, 0.4) is 0 Å². The Balaban J connectivity index is 1.80. The van der Waals surface area contributed by atoms with E-state index in [9.17, 15) is 4.79 Å². The van der Waals surface area contributed by atoms with E-state index in [0.29, 0.717) is 18.7 Å². The summed E-state index contributed by atoms with van der Waals surface area (Å²) in [6.45, 7) is 3.01. The summed E-state index contributed by atoms with van der Waals surface area (Å²) >= 11 is 3.45. The lowest BCUT2D eigenvalue weighted by molar-refractivity contribution is 0.0785. The molecule has 1 aromatic heterocycles. The summed E-state index contributed by atoms with van der Waals surface area (Å²) in [5.74, 6) is 0.689. The average molecular weight is 388 g/mol. The first-order valence-electron chi connectivity index (χ1n) is 7.69. The van der Waals surface area contributed by atoms with Crippen molar-refractivity contribution in [2.75, 3.05) is 13.7 Å². The standard InChI is InChI=1S/C18H18BrN3O2/c1-3-24-16-8-7-12(9-15(16)19)18(23)22(2)11-14-6-4-5-13-10-20-21-17(13)14/h4-10H,3,11H2,1-2H3,(H,20,21). The third-order valence-corrected chi connectivity index (χ3v) is 4.42. The lowest BCUT2D eigenvalue weighted by Crippen LogP contribution is -2.26. The Hall–Kier alpha value is -2.34. The van der Waals surface area contributed by atoms with Crippen molar-refractivity contribution in [2.45, 2.75) is 13.5 Å². The monoisotopic (exact) mass is 387 g/mol. The van der Waals surface area contributed by atoms with Gasteiger partial charge in [0.2, 0.25) is 0 Å². The second kappa shape index (κ2) is 7.05. The highest BCUT2D eigenvalue weighted by Crippen LogP contribution is 2.27. The fourth-order valence-electron chi connectivity index (χ4n) is 2.62. The molecule has 0 aliphatic rings. The van der Waals surface area contributed by atoms with Crippen LogP contribution in [0.15, 0.2) is 47.1 Å². The van der Waals surface area contributed by atoms with Gasteiger partial charge in [-0.15, -0.1) is 0 Å². The van der Waals surface area contributed by atoms with Crippen LogP contribution < -0.4 is 4.74 Å². The molecule has 24 heavy (non-hydrogen) atoms. The Kier molecular flexibility index (Phi) is 4.85. The molecule has 0 fully saturated rings. The molecule has 0 radical (unpaired) electrons. The number of halogens is 1. The zero-order valence-corrected chi connectivity index (χ0v) is 15.1. The number of rotatable bonds is 5. The molecule has 1 N–H and O–H groups in total. The van der Waals surface area contributed by atoms with Crippen molar-refractivity contribution in [2.24, 2.45) is 0 Å². The molecule has 124 valence electrons. The fraction of sp³-hybridized carbons (Fsp3) is 0.222. The zero-order chi connectivity index (χ0) is 17.1. The van der Waals surface area contributed by atoms with Gasteiger partial charge in [-0.1, -0.05) is 18.2 Å². The second-order valence-corrected chi connectivity index (χ2v) is 6.35. The molecule has 0 aliphatic carbocycles. The van der Waals surface area contributed by atoms with Crippen LogP contribution >= 0.6 is 15.9 Å². The minimum atomic E-state index is -0.0460. The van der Waals surface area contributed by atoms with E-state index in [-0.39, 0.29) is 5.91 Å². The molecular weight excluding hydrogens is 370 g/mol. The molecule has 1 heterocycles. The minimum Gasteiger partial charge on any atom is -0.493 e. The van der Waals surface area contributed by atoms with Crippen LogP contribution in [-0.2, 0) is 6.54 Å². The van der Waals surface area contributed by atoms with Crippen LogP contribution in [0.4, 0.5) is 0 Å². The van der Waals surface area contributed by atoms with Crippen molar-refractivity contribution in [3.8, 4) is 5.75 Å². The third kappa shape index (κ3) is 3.28. The highest BCUT2D eigenvalue weighted by molar-refractivity contribution is 9.10. The van der Waals surface area contributed by atoms with Crippen LogP contribution in [-0.4, -0.2) is 34.7 Å². The molecule has 0 bridgehead atoms. The molecule has 3 rings (SSSR count). The number of ether oxygens (including phenoxy) is 1. The number of benzene rings is 2. The van der Waals surface area contributed by atoms with Gasteiger partial charge < -0.3 is 9.64 Å². The van der Waals surface area contributed by atoms with E-state index in [1.54, 1.807) is 30.3 Å². The molecule has 2 aromatic carbocycles. The predicted octanol–water partition coefficient (Wildman–Crippen LogP) is 4.00. The number of nitrogens with zero attached hydrogens (tertiary/aromatic N) is 2. The van der Waals surface area contributed by atoms with Gasteiger partial charge in [-0.25, -0.2) is 0 Å². The molecule has 0 saturated carbocycles. The Bertz CT molecular complexity index is 876. The number of para-hydroxylation sites is 1. The largest absolute Gasteiger partial charge is 0.493 e. The lowest BCUT2D eigenvalue weighted by Gasteiger charge is -2.18. The molecule has 0 saturated heterocycles. The summed E-state index contributed by atoms with van der Waals surface area (Å²) in [5, 5.41) is 8.09. The number of aromatic amines is 1. The smallest absolute Gasteiger partial charge is 0.253 e. The molecule has 5 nitrogen and oxygen atoms in total. The first-order chi connectivity index (χ1) is 11.6. The number of aromatic nitrogens is 2. The van der Waals surface area contributed by atoms with E-state index >= 15 is 0 Å². The molecular formula is C18H18BrN3O2. The molecule has 0 atom stereocenters. The topological polar surface area (TPSA) is 58.2 Å². The predicted molar refractivity (Wildman–Crippen MR) is 97.2 cm³/mol. The average Bonchev–Trinajstić information content (AvgIpc) is 3.06. The summed E-state index contributed by atoms with van der Waals surface area (Å²) in [7, 11) is 1.79. The van der Waals surface area contributed by atoms with E-state index in [4.69, 9.17) is 4.74 Å². The van der Waals surface area contributed by atoms with Crippen LogP contribution in [0.5, 0.6) is 5.75 Å². The maximum Gasteiger partial charge on any atom is 0.253 e. The van der Waals surface area contributed by atoms with E-state index in [1.807, 2.05) is 31.2 Å². The van der Waals surface area contributed by atoms with E-state index < -0.39 is 0 Å². The molecule has 0 aliphatic heterocycles. The van der Waals surface area contributed by atoms with Gasteiger partial charge in [-0.2, -0.15) is 5.10 Å². The normalized spacial score (nSPS) is 10.8. The molecule has 0 unspecified atom stereocenters. The third-order valence-electron chi connectivity index (χ3n) is 3.80. The SMILES string of the molecule is CCOc1ccc(C(=O)N(C)Cc2cccc3cn[nH]c23)cc1Br. The number of carbonyl (C=O) groups excluding carboxylic acids is 1. The highest BCUT2D eigenvalue weighted by Gasteiger charge is 2.15. The number of amides is 1. The number of H-pyrrole nitrogens is 1. The van der Waals surface area contributed by atoms with Crippen LogP contribution in [0.2, 0.25) is 0 Å². The number of nitrogens with one attached hydrogen (secondary N) is 1. The summed E-state index contributed by atoms with van der Waals surface area (Å²) in [5.41, 5.74) is 2.61. The number of carbonyl (C=O) groups is 1. The molecule has 3 aromatic rings. The van der Waals surface area contributed by atoms with Gasteiger partial charge >= 0.3 is 0 Å². The Morgan fingerprint density at radius 3 is 2.92 bits per heavy atom. The van der Waals surface area contributed by atoms with Crippen molar-refractivity contribution >= 4 is 32.7 Å². The Morgan fingerprint density at radius 1 is 1.33 bits per heavy atom. The van der Waals surface area contributed by atoms with E-state index in [0.717, 1.165) is 26.7 Å².